The van der Waals surface area contributed by atoms with E-state index >= 15 is 0 Å². The van der Waals surface area contributed by atoms with Crippen molar-refractivity contribution >= 4 is 5.91 Å². The summed E-state index contributed by atoms with van der Waals surface area (Å²) in [6.45, 7) is 2.85. The summed E-state index contributed by atoms with van der Waals surface area (Å²) >= 11 is 0. The number of nitrogens with zero attached hydrogens (tertiary/aromatic N) is 1. The molecule has 2 fully saturated rings. The zero-order valence-corrected chi connectivity index (χ0v) is 14.6. The number of amides is 1. The van der Waals surface area contributed by atoms with Gasteiger partial charge < -0.3 is 10.2 Å². The second kappa shape index (κ2) is 7.40. The molecule has 0 spiro atoms. The fraction of sp³-hybridized carbons (Fsp3) is 0.409. The van der Waals surface area contributed by atoms with Gasteiger partial charge in [0.15, 0.2) is 0 Å². The maximum absolute atomic E-state index is 12.5. The first-order valence-corrected chi connectivity index (χ1v) is 9.44. The van der Waals surface area contributed by atoms with Gasteiger partial charge in [-0.25, -0.2) is 0 Å². The maximum atomic E-state index is 12.5. The smallest absolute Gasteiger partial charge is 0.253 e. The van der Waals surface area contributed by atoms with Crippen LogP contribution in [0.4, 0.5) is 0 Å². The van der Waals surface area contributed by atoms with Crippen molar-refractivity contribution in [3.05, 3.63) is 71.8 Å². The molecule has 0 aromatic heterocycles. The molecule has 130 valence electrons. The summed E-state index contributed by atoms with van der Waals surface area (Å²) in [5.41, 5.74) is 2.27. The Morgan fingerprint density at radius 3 is 2.28 bits per heavy atom. The summed E-state index contributed by atoms with van der Waals surface area (Å²) in [4.78, 5) is 14.5. The van der Waals surface area contributed by atoms with E-state index < -0.39 is 0 Å². The van der Waals surface area contributed by atoms with Crippen LogP contribution in [0, 0.1) is 5.92 Å². The first-order chi connectivity index (χ1) is 12.3. The van der Waals surface area contributed by atoms with Gasteiger partial charge in [-0.3, -0.25) is 4.79 Å². The minimum Gasteiger partial charge on any atom is -0.339 e. The van der Waals surface area contributed by atoms with E-state index in [-0.39, 0.29) is 5.91 Å². The molecule has 1 saturated heterocycles. The van der Waals surface area contributed by atoms with Crippen molar-refractivity contribution in [1.29, 1.82) is 0 Å². The molecule has 2 aliphatic rings. The van der Waals surface area contributed by atoms with E-state index in [1.54, 1.807) is 0 Å². The standard InChI is InChI=1S/C22H26N2O/c25-22(19-9-5-2-6-10-19)24-13-11-17(12-14-24)16-23-21-15-20(21)18-7-3-1-4-8-18/h1-10,17,20-21,23H,11-16H2/t20-,21+/m1/s1. The van der Waals surface area contributed by atoms with Gasteiger partial charge >= 0.3 is 0 Å². The maximum Gasteiger partial charge on any atom is 0.253 e. The largest absolute Gasteiger partial charge is 0.339 e. The molecule has 1 aliphatic heterocycles. The van der Waals surface area contributed by atoms with Crippen LogP contribution >= 0.6 is 0 Å². The third-order valence-electron chi connectivity index (χ3n) is 5.61. The fourth-order valence-electron chi connectivity index (χ4n) is 3.91. The van der Waals surface area contributed by atoms with Crippen molar-refractivity contribution in [3.63, 3.8) is 0 Å². The SMILES string of the molecule is O=C(c1ccccc1)N1CCC(CN[C@H]2C[C@@H]2c2ccccc2)CC1. The highest BCUT2D eigenvalue weighted by atomic mass is 16.2. The summed E-state index contributed by atoms with van der Waals surface area (Å²) in [6, 6.07) is 21.1. The van der Waals surface area contributed by atoms with E-state index in [0.29, 0.717) is 17.9 Å². The molecule has 1 N–H and O–H groups in total. The van der Waals surface area contributed by atoms with Gasteiger partial charge in [0.1, 0.15) is 0 Å². The number of carbonyl (C=O) groups is 1. The van der Waals surface area contributed by atoms with Crippen LogP contribution in [0.1, 0.15) is 41.1 Å². The van der Waals surface area contributed by atoms with Crippen molar-refractivity contribution in [2.24, 2.45) is 5.92 Å². The summed E-state index contributed by atoms with van der Waals surface area (Å²) in [6.07, 6.45) is 3.47. The zero-order chi connectivity index (χ0) is 17.1. The van der Waals surface area contributed by atoms with Crippen LogP contribution in [-0.2, 0) is 0 Å². The highest BCUT2D eigenvalue weighted by Crippen LogP contribution is 2.40. The fourth-order valence-corrected chi connectivity index (χ4v) is 3.91. The Hall–Kier alpha value is -2.13. The number of rotatable bonds is 5. The normalized spacial score (nSPS) is 23.4. The van der Waals surface area contributed by atoms with E-state index in [0.717, 1.165) is 38.0 Å². The Morgan fingerprint density at radius 2 is 1.60 bits per heavy atom. The molecule has 2 aromatic carbocycles. The molecule has 2 aromatic rings. The lowest BCUT2D eigenvalue weighted by molar-refractivity contribution is 0.0690. The Morgan fingerprint density at radius 1 is 0.960 bits per heavy atom. The first-order valence-electron chi connectivity index (χ1n) is 9.44. The molecule has 1 heterocycles. The van der Waals surface area contributed by atoms with Crippen LogP contribution in [0.2, 0.25) is 0 Å². The van der Waals surface area contributed by atoms with Gasteiger partial charge in [0.05, 0.1) is 0 Å². The van der Waals surface area contributed by atoms with Crippen LogP contribution in [-0.4, -0.2) is 36.5 Å². The molecule has 1 aliphatic carbocycles. The number of benzene rings is 2. The third kappa shape index (κ3) is 3.93. The van der Waals surface area contributed by atoms with Gasteiger partial charge in [-0.2, -0.15) is 0 Å². The molecule has 3 heteroatoms. The van der Waals surface area contributed by atoms with Gasteiger partial charge in [-0.15, -0.1) is 0 Å². The molecule has 0 radical (unpaired) electrons. The second-order valence-electron chi connectivity index (χ2n) is 7.37. The monoisotopic (exact) mass is 334 g/mol. The Bertz CT molecular complexity index is 692. The van der Waals surface area contributed by atoms with E-state index in [1.807, 2.05) is 35.2 Å². The molecular weight excluding hydrogens is 308 g/mol. The Balaban J connectivity index is 1.20. The molecule has 1 saturated carbocycles. The molecule has 2 atom stereocenters. The quantitative estimate of drug-likeness (QED) is 0.904. The lowest BCUT2D eigenvalue weighted by Crippen LogP contribution is -2.41. The predicted molar refractivity (Wildman–Crippen MR) is 101 cm³/mol. The summed E-state index contributed by atoms with van der Waals surface area (Å²) < 4.78 is 0. The molecule has 0 unspecified atom stereocenters. The molecule has 4 rings (SSSR count). The number of hydrogen-bond acceptors (Lipinski definition) is 2. The van der Waals surface area contributed by atoms with Crippen molar-refractivity contribution in [2.75, 3.05) is 19.6 Å². The van der Waals surface area contributed by atoms with Crippen LogP contribution in [0.25, 0.3) is 0 Å². The van der Waals surface area contributed by atoms with Gasteiger partial charge in [0, 0.05) is 30.6 Å². The van der Waals surface area contributed by atoms with E-state index in [1.165, 1.54) is 12.0 Å². The minimum absolute atomic E-state index is 0.179. The minimum atomic E-state index is 0.179. The Kier molecular flexibility index (Phi) is 4.84. The number of nitrogens with one attached hydrogen (secondary N) is 1. The van der Waals surface area contributed by atoms with Crippen LogP contribution in [0.5, 0.6) is 0 Å². The molecular formula is C22H26N2O. The molecule has 3 nitrogen and oxygen atoms in total. The average Bonchev–Trinajstić information content (AvgIpc) is 3.47. The van der Waals surface area contributed by atoms with E-state index in [4.69, 9.17) is 0 Å². The highest BCUT2D eigenvalue weighted by Gasteiger charge is 2.38. The lowest BCUT2D eigenvalue weighted by Gasteiger charge is -2.32. The van der Waals surface area contributed by atoms with Crippen molar-refractivity contribution < 1.29 is 4.79 Å². The van der Waals surface area contributed by atoms with Crippen LogP contribution in [0.15, 0.2) is 60.7 Å². The number of piperidine rings is 1. The second-order valence-corrected chi connectivity index (χ2v) is 7.37. The molecule has 25 heavy (non-hydrogen) atoms. The Labute approximate surface area is 150 Å². The van der Waals surface area contributed by atoms with Gasteiger partial charge in [-0.1, -0.05) is 48.5 Å². The number of hydrogen-bond donors (Lipinski definition) is 1. The van der Waals surface area contributed by atoms with Gasteiger partial charge in [0.25, 0.3) is 5.91 Å². The zero-order valence-electron chi connectivity index (χ0n) is 14.6. The first kappa shape index (κ1) is 16.3. The highest BCUT2D eigenvalue weighted by molar-refractivity contribution is 5.94. The van der Waals surface area contributed by atoms with Crippen LogP contribution in [0.3, 0.4) is 0 Å². The topological polar surface area (TPSA) is 32.3 Å². The van der Waals surface area contributed by atoms with Crippen molar-refractivity contribution in [2.45, 2.75) is 31.2 Å². The number of likely N-dealkylation sites (tertiary alicyclic amines) is 1. The summed E-state index contributed by atoms with van der Waals surface area (Å²) in [5, 5.41) is 3.75. The molecule has 1 amide bonds. The predicted octanol–water partition coefficient (Wildman–Crippen LogP) is 3.68. The van der Waals surface area contributed by atoms with Crippen molar-refractivity contribution in [1.82, 2.24) is 10.2 Å². The third-order valence-corrected chi connectivity index (χ3v) is 5.61. The lowest BCUT2D eigenvalue weighted by atomic mass is 9.96. The van der Waals surface area contributed by atoms with E-state index in [2.05, 4.69) is 35.6 Å². The van der Waals surface area contributed by atoms with Gasteiger partial charge in [-0.05, 0) is 49.4 Å². The number of carbonyl (C=O) groups excluding carboxylic acids is 1. The average molecular weight is 334 g/mol. The summed E-state index contributed by atoms with van der Waals surface area (Å²) in [7, 11) is 0. The molecule has 0 bridgehead atoms. The van der Waals surface area contributed by atoms with Gasteiger partial charge in [0.2, 0.25) is 0 Å². The summed E-state index contributed by atoms with van der Waals surface area (Å²) in [5.74, 6) is 1.57. The van der Waals surface area contributed by atoms with E-state index in [9.17, 15) is 4.79 Å². The van der Waals surface area contributed by atoms with Crippen molar-refractivity contribution in [3.8, 4) is 0 Å². The van der Waals surface area contributed by atoms with Crippen LogP contribution < -0.4 is 5.32 Å².